The zero-order chi connectivity index (χ0) is 20.0. The first-order valence-corrected chi connectivity index (χ1v) is 9.79. The maximum absolute atomic E-state index is 12.6. The van der Waals surface area contributed by atoms with Gasteiger partial charge in [0, 0.05) is 35.2 Å². The molecule has 2 fully saturated rings. The Balaban J connectivity index is 1.79. The average molecular weight is 367 g/mol. The van der Waals surface area contributed by atoms with Crippen molar-refractivity contribution < 1.29 is 9.59 Å². The van der Waals surface area contributed by atoms with E-state index in [-0.39, 0.29) is 45.8 Å². The monoisotopic (exact) mass is 366 g/mol. The lowest BCUT2D eigenvalue weighted by Gasteiger charge is -2.28. The molecule has 2 rings (SSSR count). The van der Waals surface area contributed by atoms with Crippen molar-refractivity contribution >= 4 is 11.8 Å². The fourth-order valence-corrected chi connectivity index (χ4v) is 5.01. The second-order valence-corrected chi connectivity index (χ2v) is 10.6. The lowest BCUT2D eigenvalue weighted by molar-refractivity contribution is -0.128. The van der Waals surface area contributed by atoms with Crippen molar-refractivity contribution in [3.63, 3.8) is 0 Å². The lowest BCUT2D eigenvalue weighted by atomic mass is 9.86. The summed E-state index contributed by atoms with van der Waals surface area (Å²) in [7, 11) is 0. The smallest absolute Gasteiger partial charge is 0.225 e. The molecular weight excluding hydrogens is 328 g/mol. The van der Waals surface area contributed by atoms with Crippen LogP contribution in [0.1, 0.15) is 68.2 Å². The zero-order valence-corrected chi connectivity index (χ0v) is 17.8. The predicted molar refractivity (Wildman–Crippen MR) is 105 cm³/mol. The van der Waals surface area contributed by atoms with Crippen molar-refractivity contribution in [2.75, 3.05) is 13.1 Å². The molecule has 2 unspecified atom stereocenters. The Morgan fingerprint density at radius 1 is 0.731 bits per heavy atom. The van der Waals surface area contributed by atoms with E-state index in [0.29, 0.717) is 13.1 Å². The molecule has 2 saturated heterocycles. The van der Waals surface area contributed by atoms with Crippen LogP contribution in [0.3, 0.4) is 0 Å². The van der Waals surface area contributed by atoms with Crippen LogP contribution in [0.15, 0.2) is 0 Å². The van der Waals surface area contributed by atoms with Crippen molar-refractivity contribution in [2.45, 2.75) is 90.4 Å². The summed E-state index contributed by atoms with van der Waals surface area (Å²) in [6.45, 7) is 17.7. The number of nitrogens with one attached hydrogen (secondary N) is 4. The van der Waals surface area contributed by atoms with Gasteiger partial charge in [0.15, 0.2) is 0 Å². The van der Waals surface area contributed by atoms with E-state index in [1.807, 2.05) is 0 Å². The molecule has 6 heteroatoms. The molecule has 4 N–H and O–H groups in total. The summed E-state index contributed by atoms with van der Waals surface area (Å²) < 4.78 is 0. The van der Waals surface area contributed by atoms with Gasteiger partial charge in [-0.15, -0.1) is 0 Å². The van der Waals surface area contributed by atoms with Gasteiger partial charge in [0.2, 0.25) is 11.8 Å². The lowest BCUT2D eigenvalue weighted by Crippen LogP contribution is -2.50. The minimum atomic E-state index is -0.220. The van der Waals surface area contributed by atoms with Gasteiger partial charge in [-0.2, -0.15) is 0 Å². The molecule has 0 saturated carbocycles. The van der Waals surface area contributed by atoms with Gasteiger partial charge in [0.1, 0.15) is 0 Å². The quantitative estimate of drug-likeness (QED) is 0.557. The number of hydrogen-bond donors (Lipinski definition) is 4. The normalized spacial score (nSPS) is 30.8. The van der Waals surface area contributed by atoms with Gasteiger partial charge in [0.05, 0.1) is 11.8 Å². The minimum absolute atomic E-state index is 0.0341. The molecule has 2 heterocycles. The average Bonchev–Trinajstić information content (AvgIpc) is 2.80. The number of hydrogen-bond acceptors (Lipinski definition) is 4. The van der Waals surface area contributed by atoms with E-state index >= 15 is 0 Å². The van der Waals surface area contributed by atoms with E-state index in [9.17, 15) is 9.59 Å². The Kier molecular flexibility index (Phi) is 5.52. The SMILES string of the molecule is CC1(C)CC(C(=O)NCCNC(=O)C2CC(C)(C)NC2(C)C)C(C)(C)N1. The van der Waals surface area contributed by atoms with Crippen LogP contribution in [-0.4, -0.2) is 47.1 Å². The molecule has 0 radical (unpaired) electrons. The molecule has 6 nitrogen and oxygen atoms in total. The van der Waals surface area contributed by atoms with Gasteiger partial charge >= 0.3 is 0 Å². The molecule has 0 aromatic carbocycles. The molecule has 0 aromatic heterocycles. The van der Waals surface area contributed by atoms with E-state index in [0.717, 1.165) is 12.8 Å². The predicted octanol–water partition coefficient (Wildman–Crippen LogP) is 1.55. The summed E-state index contributed by atoms with van der Waals surface area (Å²) in [5.74, 6) is -0.00317. The third kappa shape index (κ3) is 4.77. The molecule has 0 aromatic rings. The molecule has 150 valence electrons. The third-order valence-electron chi connectivity index (χ3n) is 5.85. The molecule has 0 spiro atoms. The van der Waals surface area contributed by atoms with Gasteiger partial charge in [0.25, 0.3) is 0 Å². The van der Waals surface area contributed by atoms with E-state index in [1.165, 1.54) is 0 Å². The number of carbonyl (C=O) groups is 2. The van der Waals surface area contributed by atoms with Crippen molar-refractivity contribution in [1.82, 2.24) is 21.3 Å². The van der Waals surface area contributed by atoms with E-state index < -0.39 is 0 Å². The van der Waals surface area contributed by atoms with Crippen molar-refractivity contribution in [3.8, 4) is 0 Å². The molecular formula is C20H38N4O2. The highest BCUT2D eigenvalue weighted by molar-refractivity contribution is 5.82. The molecule has 0 aliphatic carbocycles. The van der Waals surface area contributed by atoms with Gasteiger partial charge < -0.3 is 21.3 Å². The summed E-state index contributed by atoms with van der Waals surface area (Å²) in [5.41, 5.74) is -0.509. The van der Waals surface area contributed by atoms with Crippen molar-refractivity contribution in [1.29, 1.82) is 0 Å². The van der Waals surface area contributed by atoms with Crippen molar-refractivity contribution in [3.05, 3.63) is 0 Å². The highest BCUT2D eigenvalue weighted by Crippen LogP contribution is 2.36. The second-order valence-electron chi connectivity index (χ2n) is 10.6. The Hall–Kier alpha value is -1.14. The first-order chi connectivity index (χ1) is 11.7. The topological polar surface area (TPSA) is 82.3 Å². The van der Waals surface area contributed by atoms with Crippen LogP contribution in [0.4, 0.5) is 0 Å². The molecule has 0 bridgehead atoms. The fraction of sp³-hybridized carbons (Fsp3) is 0.900. The van der Waals surface area contributed by atoms with Crippen LogP contribution in [0, 0.1) is 11.8 Å². The molecule has 2 amide bonds. The van der Waals surface area contributed by atoms with Crippen LogP contribution in [-0.2, 0) is 9.59 Å². The molecule has 2 aliphatic heterocycles. The number of carbonyl (C=O) groups excluding carboxylic acids is 2. The fourth-order valence-electron chi connectivity index (χ4n) is 5.01. The maximum Gasteiger partial charge on any atom is 0.225 e. The molecule has 26 heavy (non-hydrogen) atoms. The Morgan fingerprint density at radius 3 is 1.27 bits per heavy atom. The van der Waals surface area contributed by atoms with Crippen LogP contribution >= 0.6 is 0 Å². The summed E-state index contributed by atoms with van der Waals surface area (Å²) in [6.07, 6.45) is 1.63. The van der Waals surface area contributed by atoms with E-state index in [2.05, 4.69) is 76.7 Å². The third-order valence-corrected chi connectivity index (χ3v) is 5.85. The summed E-state index contributed by atoms with van der Waals surface area (Å²) in [6, 6.07) is 0. The number of amides is 2. The standard InChI is InChI=1S/C20H38N4O2/c1-17(2)11-13(19(5,6)23-17)15(25)21-9-10-22-16(26)14-12-18(3,4)24-20(14,7)8/h13-14,23-24H,9-12H2,1-8H3,(H,21,25)(H,22,26). The maximum atomic E-state index is 12.6. The molecule has 2 aliphatic rings. The zero-order valence-electron chi connectivity index (χ0n) is 17.8. The number of rotatable bonds is 5. The van der Waals surface area contributed by atoms with Crippen LogP contribution in [0.5, 0.6) is 0 Å². The summed E-state index contributed by atoms with van der Waals surface area (Å²) in [5, 5.41) is 13.0. The molecule has 2 atom stereocenters. The minimum Gasteiger partial charge on any atom is -0.354 e. The summed E-state index contributed by atoms with van der Waals surface area (Å²) in [4.78, 5) is 25.1. The highest BCUT2D eigenvalue weighted by atomic mass is 16.2. The largest absolute Gasteiger partial charge is 0.354 e. The Morgan fingerprint density at radius 2 is 1.04 bits per heavy atom. The second kappa shape index (κ2) is 6.79. The van der Waals surface area contributed by atoms with E-state index in [4.69, 9.17) is 0 Å². The van der Waals surface area contributed by atoms with Gasteiger partial charge in [-0.25, -0.2) is 0 Å². The van der Waals surface area contributed by atoms with Gasteiger partial charge in [-0.05, 0) is 68.2 Å². The Labute approximate surface area is 158 Å². The highest BCUT2D eigenvalue weighted by Gasteiger charge is 2.48. The van der Waals surface area contributed by atoms with Crippen molar-refractivity contribution in [2.24, 2.45) is 11.8 Å². The van der Waals surface area contributed by atoms with Crippen LogP contribution < -0.4 is 21.3 Å². The van der Waals surface area contributed by atoms with Gasteiger partial charge in [-0.1, -0.05) is 0 Å². The van der Waals surface area contributed by atoms with Crippen LogP contribution in [0.2, 0.25) is 0 Å². The Bertz CT molecular complexity index is 516. The first-order valence-electron chi connectivity index (χ1n) is 9.79. The first kappa shape index (κ1) is 21.2. The summed E-state index contributed by atoms with van der Waals surface area (Å²) >= 11 is 0. The van der Waals surface area contributed by atoms with Crippen LogP contribution in [0.25, 0.3) is 0 Å². The van der Waals surface area contributed by atoms with Gasteiger partial charge in [-0.3, -0.25) is 9.59 Å². The van der Waals surface area contributed by atoms with E-state index in [1.54, 1.807) is 0 Å².